The fourth-order valence-corrected chi connectivity index (χ4v) is 1.97. The number of pyridine rings is 1. The Balaban J connectivity index is 2.14. The molecule has 106 valence electrons. The minimum absolute atomic E-state index is 0.0955. The van der Waals surface area contributed by atoms with Gasteiger partial charge in [-0.3, -0.25) is 0 Å². The molecule has 1 aliphatic carbocycles. The molecule has 2 rings (SSSR count). The van der Waals surface area contributed by atoms with Gasteiger partial charge in [0, 0.05) is 30.2 Å². The molecule has 19 heavy (non-hydrogen) atoms. The van der Waals surface area contributed by atoms with Crippen LogP contribution < -0.4 is 10.6 Å². The number of hydrogen-bond donors (Lipinski definition) is 2. The predicted molar refractivity (Wildman–Crippen MR) is 81.6 cm³/mol. The van der Waals surface area contributed by atoms with Crippen molar-refractivity contribution in [3.8, 4) is 0 Å². The van der Waals surface area contributed by atoms with Crippen molar-refractivity contribution in [2.75, 3.05) is 11.9 Å². The molecular weight excluding hydrogens is 234 g/mol. The fraction of sp³-hybridized carbons (Fsp3) is 0.688. The van der Waals surface area contributed by atoms with Gasteiger partial charge < -0.3 is 10.6 Å². The van der Waals surface area contributed by atoms with E-state index in [0.717, 1.165) is 31.4 Å². The van der Waals surface area contributed by atoms with E-state index in [0.29, 0.717) is 0 Å². The van der Waals surface area contributed by atoms with Crippen LogP contribution in [0.15, 0.2) is 12.1 Å². The monoisotopic (exact) mass is 261 g/mol. The Bertz CT molecular complexity index is 416. The Morgan fingerprint density at radius 3 is 2.58 bits per heavy atom. The first kappa shape index (κ1) is 14.3. The highest BCUT2D eigenvalue weighted by atomic mass is 15.0. The second-order valence-electron chi connectivity index (χ2n) is 6.58. The summed E-state index contributed by atoms with van der Waals surface area (Å²) in [6, 6.07) is 5.17. The highest BCUT2D eigenvalue weighted by Crippen LogP contribution is 2.24. The molecular formula is C16H27N3. The molecule has 0 radical (unpaired) electrons. The molecule has 0 atom stereocenters. The van der Waals surface area contributed by atoms with Crippen LogP contribution in [0.5, 0.6) is 0 Å². The topological polar surface area (TPSA) is 37.0 Å². The third kappa shape index (κ3) is 4.50. The molecule has 1 aliphatic rings. The molecule has 0 unspecified atom stereocenters. The zero-order valence-electron chi connectivity index (χ0n) is 12.7. The molecule has 1 heterocycles. The van der Waals surface area contributed by atoms with Gasteiger partial charge in [0.15, 0.2) is 0 Å². The molecule has 1 aromatic rings. The van der Waals surface area contributed by atoms with Gasteiger partial charge in [0.25, 0.3) is 0 Å². The smallest absolute Gasteiger partial charge is 0.126 e. The van der Waals surface area contributed by atoms with Crippen molar-refractivity contribution in [1.29, 1.82) is 0 Å². The highest BCUT2D eigenvalue weighted by molar-refractivity contribution is 5.41. The Hall–Kier alpha value is -1.09. The van der Waals surface area contributed by atoms with Gasteiger partial charge in [0.1, 0.15) is 5.82 Å². The van der Waals surface area contributed by atoms with Crippen molar-refractivity contribution in [1.82, 2.24) is 10.3 Å². The normalized spacial score (nSPS) is 15.6. The molecule has 2 N–H and O–H groups in total. The quantitative estimate of drug-likeness (QED) is 0.823. The minimum atomic E-state index is 0.0955. The summed E-state index contributed by atoms with van der Waals surface area (Å²) in [7, 11) is 0. The van der Waals surface area contributed by atoms with Gasteiger partial charge in [-0.2, -0.15) is 0 Å². The number of nitrogens with zero attached hydrogens (tertiary/aromatic N) is 1. The molecule has 1 fully saturated rings. The molecule has 1 saturated carbocycles. The minimum Gasteiger partial charge on any atom is -0.370 e. The van der Waals surface area contributed by atoms with Crippen LogP contribution in [0.25, 0.3) is 0 Å². The Morgan fingerprint density at radius 2 is 2.00 bits per heavy atom. The fourth-order valence-electron chi connectivity index (χ4n) is 1.97. The zero-order valence-corrected chi connectivity index (χ0v) is 12.7. The first-order chi connectivity index (χ1) is 8.99. The van der Waals surface area contributed by atoms with Crippen molar-refractivity contribution in [2.45, 2.75) is 65.0 Å². The van der Waals surface area contributed by atoms with Crippen LogP contribution in [0.4, 0.5) is 5.82 Å². The molecule has 1 aromatic heterocycles. The highest BCUT2D eigenvalue weighted by Gasteiger charge is 2.21. The standard InChI is InChI=1S/C16H27N3/c1-5-8-17-15-10-12(11-18-13-6-7-13)9-14(19-15)16(2,3)4/h9-10,13,18H,5-8,11H2,1-4H3,(H,17,19). The maximum absolute atomic E-state index is 4.75. The van der Waals surface area contributed by atoms with Gasteiger partial charge in [-0.1, -0.05) is 27.7 Å². The van der Waals surface area contributed by atoms with Gasteiger partial charge in [0.2, 0.25) is 0 Å². The van der Waals surface area contributed by atoms with E-state index in [4.69, 9.17) is 4.98 Å². The van der Waals surface area contributed by atoms with Gasteiger partial charge in [0.05, 0.1) is 0 Å². The average Bonchev–Trinajstić information content (AvgIpc) is 3.16. The van der Waals surface area contributed by atoms with Crippen LogP contribution in [-0.4, -0.2) is 17.6 Å². The Kier molecular flexibility index (Phi) is 4.46. The van der Waals surface area contributed by atoms with E-state index >= 15 is 0 Å². The van der Waals surface area contributed by atoms with Crippen LogP contribution in [0, 0.1) is 0 Å². The van der Waals surface area contributed by atoms with Crippen LogP contribution in [0.1, 0.15) is 58.2 Å². The van der Waals surface area contributed by atoms with Gasteiger partial charge in [-0.25, -0.2) is 4.98 Å². The predicted octanol–water partition coefficient (Wildman–Crippen LogP) is 3.45. The van der Waals surface area contributed by atoms with Gasteiger partial charge in [-0.05, 0) is 37.0 Å². The maximum Gasteiger partial charge on any atom is 0.126 e. The van der Waals surface area contributed by atoms with Crippen LogP contribution >= 0.6 is 0 Å². The molecule has 0 spiro atoms. The SMILES string of the molecule is CCCNc1cc(CNC2CC2)cc(C(C)(C)C)n1. The summed E-state index contributed by atoms with van der Waals surface area (Å²) in [6.45, 7) is 10.8. The third-order valence-electron chi connectivity index (χ3n) is 3.38. The van der Waals surface area contributed by atoms with Gasteiger partial charge >= 0.3 is 0 Å². The summed E-state index contributed by atoms with van der Waals surface area (Å²) in [5.74, 6) is 1.02. The van der Waals surface area contributed by atoms with E-state index in [1.165, 1.54) is 24.1 Å². The maximum atomic E-state index is 4.75. The molecule has 0 amide bonds. The first-order valence-corrected chi connectivity index (χ1v) is 7.47. The molecule has 3 nitrogen and oxygen atoms in total. The summed E-state index contributed by atoms with van der Waals surface area (Å²) in [6.07, 6.45) is 3.79. The molecule has 0 aromatic carbocycles. The lowest BCUT2D eigenvalue weighted by molar-refractivity contribution is 0.567. The Morgan fingerprint density at radius 1 is 1.26 bits per heavy atom. The van der Waals surface area contributed by atoms with E-state index in [9.17, 15) is 0 Å². The summed E-state index contributed by atoms with van der Waals surface area (Å²) in [5.41, 5.74) is 2.60. The zero-order chi connectivity index (χ0) is 13.9. The number of nitrogens with one attached hydrogen (secondary N) is 2. The molecule has 0 saturated heterocycles. The lowest BCUT2D eigenvalue weighted by Crippen LogP contribution is -2.19. The van der Waals surface area contributed by atoms with Crippen molar-refractivity contribution >= 4 is 5.82 Å². The van der Waals surface area contributed by atoms with Crippen molar-refractivity contribution in [2.24, 2.45) is 0 Å². The molecule has 3 heteroatoms. The lowest BCUT2D eigenvalue weighted by atomic mass is 9.90. The summed E-state index contributed by atoms with van der Waals surface area (Å²) in [4.78, 5) is 4.75. The third-order valence-corrected chi connectivity index (χ3v) is 3.38. The van der Waals surface area contributed by atoms with Crippen molar-refractivity contribution in [3.63, 3.8) is 0 Å². The van der Waals surface area contributed by atoms with Crippen molar-refractivity contribution in [3.05, 3.63) is 23.4 Å². The van der Waals surface area contributed by atoms with E-state index in [1.807, 2.05) is 0 Å². The van der Waals surface area contributed by atoms with Crippen LogP contribution in [0.2, 0.25) is 0 Å². The molecule has 0 bridgehead atoms. The Labute approximate surface area is 117 Å². The second kappa shape index (κ2) is 5.91. The van der Waals surface area contributed by atoms with E-state index in [1.54, 1.807) is 0 Å². The average molecular weight is 261 g/mol. The summed E-state index contributed by atoms with van der Waals surface area (Å²) < 4.78 is 0. The lowest BCUT2D eigenvalue weighted by Gasteiger charge is -2.20. The number of hydrogen-bond acceptors (Lipinski definition) is 3. The summed E-state index contributed by atoms with van der Waals surface area (Å²) in [5, 5.41) is 6.99. The number of anilines is 1. The van der Waals surface area contributed by atoms with E-state index in [-0.39, 0.29) is 5.41 Å². The first-order valence-electron chi connectivity index (χ1n) is 7.47. The van der Waals surface area contributed by atoms with Crippen LogP contribution in [-0.2, 0) is 12.0 Å². The van der Waals surface area contributed by atoms with E-state index in [2.05, 4.69) is 50.5 Å². The van der Waals surface area contributed by atoms with Gasteiger partial charge in [-0.15, -0.1) is 0 Å². The molecule has 0 aliphatic heterocycles. The largest absolute Gasteiger partial charge is 0.370 e. The second-order valence-corrected chi connectivity index (χ2v) is 6.58. The van der Waals surface area contributed by atoms with Crippen molar-refractivity contribution < 1.29 is 0 Å². The van der Waals surface area contributed by atoms with Crippen LogP contribution in [0.3, 0.4) is 0 Å². The summed E-state index contributed by atoms with van der Waals surface area (Å²) >= 11 is 0. The number of rotatable bonds is 6. The number of aromatic nitrogens is 1. The van der Waals surface area contributed by atoms with E-state index < -0.39 is 0 Å².